The van der Waals surface area contributed by atoms with Gasteiger partial charge in [0.1, 0.15) is 18.0 Å². The molecule has 8 nitrogen and oxygen atoms in total. The van der Waals surface area contributed by atoms with Gasteiger partial charge in [0.2, 0.25) is 0 Å². The van der Waals surface area contributed by atoms with Crippen molar-refractivity contribution in [3.05, 3.63) is 58.9 Å². The molecule has 2 atom stereocenters. The van der Waals surface area contributed by atoms with E-state index in [4.69, 9.17) is 0 Å². The molecule has 0 spiro atoms. The van der Waals surface area contributed by atoms with E-state index in [1.165, 1.54) is 28.8 Å². The molecule has 3 heterocycles. The van der Waals surface area contributed by atoms with Crippen molar-refractivity contribution in [1.82, 2.24) is 19.7 Å². The fourth-order valence-electron chi connectivity index (χ4n) is 3.67. The van der Waals surface area contributed by atoms with E-state index in [9.17, 15) is 23.1 Å². The standard InChI is InChI=1S/C22H23F3N6O2S/c1-12(10-32)27-18-7-14(13(2)34-21-29-26-11-30(21)3)8-19(28-18)31-9-16-15(20(31)33)5-4-6-17(16)22(23,24)25/h4-8,11-13,32H,9-10H2,1-3H3,(H,27,28). The molecule has 2 unspecified atom stereocenters. The largest absolute Gasteiger partial charge is 0.416 e. The van der Waals surface area contributed by atoms with Crippen LogP contribution in [-0.2, 0) is 19.8 Å². The summed E-state index contributed by atoms with van der Waals surface area (Å²) in [6.07, 6.45) is -2.98. The van der Waals surface area contributed by atoms with E-state index in [2.05, 4.69) is 20.5 Å². The molecule has 3 aromatic rings. The van der Waals surface area contributed by atoms with E-state index in [1.807, 2.05) is 14.0 Å². The van der Waals surface area contributed by atoms with Crippen LogP contribution >= 0.6 is 11.8 Å². The van der Waals surface area contributed by atoms with Gasteiger partial charge in [-0.15, -0.1) is 10.2 Å². The minimum Gasteiger partial charge on any atom is -0.394 e. The zero-order valence-corrected chi connectivity index (χ0v) is 19.5. The molecule has 0 bridgehead atoms. The maximum absolute atomic E-state index is 13.5. The number of nitrogens with zero attached hydrogens (tertiary/aromatic N) is 5. The molecular formula is C22H23F3N6O2S. The van der Waals surface area contributed by atoms with Gasteiger partial charge in [-0.05, 0) is 49.2 Å². The van der Waals surface area contributed by atoms with Crippen LogP contribution in [0, 0.1) is 0 Å². The number of amides is 1. The number of rotatable bonds is 7. The summed E-state index contributed by atoms with van der Waals surface area (Å²) in [5, 5.41) is 21.0. The lowest BCUT2D eigenvalue weighted by Crippen LogP contribution is -2.26. The fourth-order valence-corrected chi connectivity index (χ4v) is 4.57. The van der Waals surface area contributed by atoms with Gasteiger partial charge in [0, 0.05) is 23.9 Å². The van der Waals surface area contributed by atoms with Gasteiger partial charge >= 0.3 is 6.18 Å². The number of aromatic nitrogens is 4. The maximum Gasteiger partial charge on any atom is 0.416 e. The van der Waals surface area contributed by atoms with Crippen molar-refractivity contribution in [2.24, 2.45) is 7.05 Å². The number of hydrogen-bond acceptors (Lipinski definition) is 7. The lowest BCUT2D eigenvalue weighted by molar-refractivity contribution is -0.138. The van der Waals surface area contributed by atoms with Gasteiger partial charge in [0.25, 0.3) is 5.91 Å². The Hall–Kier alpha value is -3.12. The smallest absolute Gasteiger partial charge is 0.394 e. The van der Waals surface area contributed by atoms with Gasteiger partial charge in [-0.3, -0.25) is 9.69 Å². The number of halogens is 3. The number of aryl methyl sites for hydroxylation is 1. The topological polar surface area (TPSA) is 96.2 Å². The summed E-state index contributed by atoms with van der Waals surface area (Å²) in [6.45, 7) is 3.33. The fraction of sp³-hybridized carbons (Fsp3) is 0.364. The lowest BCUT2D eigenvalue weighted by Gasteiger charge is -2.21. The number of carbonyl (C=O) groups is 1. The highest BCUT2D eigenvalue weighted by Gasteiger charge is 2.40. The van der Waals surface area contributed by atoms with Crippen LogP contribution in [0.15, 0.2) is 41.8 Å². The molecule has 1 aromatic carbocycles. The zero-order chi connectivity index (χ0) is 24.6. The Kier molecular flexibility index (Phi) is 6.54. The molecule has 2 aromatic heterocycles. The van der Waals surface area contributed by atoms with Gasteiger partial charge in [-0.2, -0.15) is 13.2 Å². The van der Waals surface area contributed by atoms with Crippen molar-refractivity contribution in [3.8, 4) is 0 Å². The maximum atomic E-state index is 13.5. The average molecular weight is 493 g/mol. The van der Waals surface area contributed by atoms with Crippen molar-refractivity contribution in [1.29, 1.82) is 0 Å². The third-order valence-corrected chi connectivity index (χ3v) is 6.68. The number of anilines is 2. The predicted molar refractivity (Wildman–Crippen MR) is 122 cm³/mol. The summed E-state index contributed by atoms with van der Waals surface area (Å²) < 4.78 is 42.4. The minimum absolute atomic E-state index is 0.0155. The second kappa shape index (κ2) is 9.26. The van der Waals surface area contributed by atoms with Crippen LogP contribution in [0.4, 0.5) is 24.8 Å². The van der Waals surface area contributed by atoms with Gasteiger partial charge in [-0.1, -0.05) is 17.8 Å². The average Bonchev–Trinajstić information content (AvgIpc) is 3.35. The highest BCUT2D eigenvalue weighted by Crippen LogP contribution is 2.40. The van der Waals surface area contributed by atoms with Gasteiger partial charge in [-0.25, -0.2) is 4.98 Å². The molecule has 34 heavy (non-hydrogen) atoms. The van der Waals surface area contributed by atoms with E-state index in [0.29, 0.717) is 11.0 Å². The molecule has 0 radical (unpaired) electrons. The number of aliphatic hydroxyl groups is 1. The summed E-state index contributed by atoms with van der Waals surface area (Å²) in [6, 6.07) is 6.78. The summed E-state index contributed by atoms with van der Waals surface area (Å²) >= 11 is 1.44. The second-order valence-electron chi connectivity index (χ2n) is 8.08. The van der Waals surface area contributed by atoms with Crippen molar-refractivity contribution in [2.45, 2.75) is 43.0 Å². The first-order chi connectivity index (χ1) is 16.1. The number of carbonyl (C=O) groups excluding carboxylic acids is 1. The van der Waals surface area contributed by atoms with Crippen LogP contribution < -0.4 is 10.2 Å². The number of thioether (sulfide) groups is 1. The van der Waals surface area contributed by atoms with Crippen LogP contribution in [0.3, 0.4) is 0 Å². The van der Waals surface area contributed by atoms with E-state index in [1.54, 1.807) is 30.0 Å². The van der Waals surface area contributed by atoms with Crippen molar-refractivity contribution >= 4 is 29.3 Å². The number of nitrogens with one attached hydrogen (secondary N) is 1. The first-order valence-electron chi connectivity index (χ1n) is 10.5. The molecular weight excluding hydrogens is 469 g/mol. The Morgan fingerprint density at radius 1 is 1.26 bits per heavy atom. The quantitative estimate of drug-likeness (QED) is 0.481. The highest BCUT2D eigenvalue weighted by atomic mass is 32.2. The Labute approximate surface area is 198 Å². The molecule has 0 saturated carbocycles. The summed E-state index contributed by atoms with van der Waals surface area (Å²) in [5.41, 5.74) is -0.0883. The number of fused-ring (bicyclic) bond motifs is 1. The Morgan fingerprint density at radius 3 is 2.68 bits per heavy atom. The number of alkyl halides is 3. The molecule has 4 rings (SSSR count). The normalized spacial score (nSPS) is 15.4. The molecule has 1 aliphatic heterocycles. The van der Waals surface area contributed by atoms with Crippen molar-refractivity contribution in [3.63, 3.8) is 0 Å². The summed E-state index contributed by atoms with van der Waals surface area (Å²) in [5.74, 6) is 0.0876. The third-order valence-electron chi connectivity index (χ3n) is 5.47. The van der Waals surface area contributed by atoms with Crippen LogP contribution in [0.1, 0.15) is 46.1 Å². The van der Waals surface area contributed by atoms with E-state index in [0.717, 1.165) is 11.6 Å². The van der Waals surface area contributed by atoms with Crippen LogP contribution in [0.2, 0.25) is 0 Å². The molecule has 0 saturated heterocycles. The first-order valence-corrected chi connectivity index (χ1v) is 11.4. The van der Waals surface area contributed by atoms with Gasteiger partial charge in [0.15, 0.2) is 5.16 Å². The van der Waals surface area contributed by atoms with E-state index < -0.39 is 17.6 Å². The predicted octanol–water partition coefficient (Wildman–Crippen LogP) is 4.04. The minimum atomic E-state index is -4.57. The molecule has 0 fully saturated rings. The van der Waals surface area contributed by atoms with Gasteiger partial charge in [0.05, 0.1) is 18.7 Å². The lowest BCUT2D eigenvalue weighted by atomic mass is 10.0. The van der Waals surface area contributed by atoms with Crippen LogP contribution in [0.25, 0.3) is 0 Å². The number of aliphatic hydroxyl groups excluding tert-OH is 1. The van der Waals surface area contributed by atoms with E-state index in [-0.39, 0.29) is 41.4 Å². The highest BCUT2D eigenvalue weighted by molar-refractivity contribution is 7.99. The third kappa shape index (κ3) is 4.73. The van der Waals surface area contributed by atoms with Crippen LogP contribution in [-0.4, -0.2) is 43.4 Å². The van der Waals surface area contributed by atoms with E-state index >= 15 is 0 Å². The number of pyridine rings is 1. The Morgan fingerprint density at radius 2 is 2.03 bits per heavy atom. The van der Waals surface area contributed by atoms with Gasteiger partial charge < -0.3 is 15.0 Å². The number of benzene rings is 1. The summed E-state index contributed by atoms with van der Waals surface area (Å²) in [4.78, 5) is 18.8. The van der Waals surface area contributed by atoms with Crippen molar-refractivity contribution in [2.75, 3.05) is 16.8 Å². The van der Waals surface area contributed by atoms with Crippen LogP contribution in [0.5, 0.6) is 0 Å². The Balaban J connectivity index is 1.72. The molecule has 2 N–H and O–H groups in total. The number of hydrogen-bond donors (Lipinski definition) is 2. The van der Waals surface area contributed by atoms with Crippen molar-refractivity contribution < 1.29 is 23.1 Å². The molecule has 12 heteroatoms. The molecule has 0 aliphatic carbocycles. The first kappa shape index (κ1) is 24.0. The summed E-state index contributed by atoms with van der Waals surface area (Å²) in [7, 11) is 1.82. The Bertz CT molecular complexity index is 1220. The molecule has 180 valence electrons. The molecule has 1 aliphatic rings. The monoisotopic (exact) mass is 492 g/mol. The SMILES string of the molecule is CC(CO)Nc1cc(C(C)Sc2nncn2C)cc(N2Cc3c(cccc3C(F)(F)F)C2=O)n1. The zero-order valence-electron chi connectivity index (χ0n) is 18.7. The second-order valence-corrected chi connectivity index (χ2v) is 9.39. The molecule has 1 amide bonds.